The maximum atomic E-state index is 13.3. The van der Waals surface area contributed by atoms with Crippen molar-refractivity contribution in [1.29, 1.82) is 0 Å². The fraction of sp³-hybridized carbons (Fsp3) is 0.278. The zero-order valence-electron chi connectivity index (χ0n) is 13.0. The Hall–Kier alpha value is -2.47. The van der Waals surface area contributed by atoms with Crippen LogP contribution >= 0.6 is 0 Å². The largest absolute Gasteiger partial charge is 0.455 e. The van der Waals surface area contributed by atoms with Crippen molar-refractivity contribution >= 4 is 11.6 Å². The van der Waals surface area contributed by atoms with Crippen molar-refractivity contribution in [3.8, 4) is 11.5 Å². The Morgan fingerprint density at radius 2 is 1.75 bits per heavy atom. The maximum Gasteiger partial charge on any atom is 0.227 e. The van der Waals surface area contributed by atoms with E-state index in [1.165, 1.54) is 0 Å². The van der Waals surface area contributed by atoms with Crippen LogP contribution in [0.15, 0.2) is 42.5 Å². The third kappa shape index (κ3) is 4.08. The van der Waals surface area contributed by atoms with Crippen LogP contribution in [-0.4, -0.2) is 19.0 Å². The number of hydrogen-bond donors (Lipinski definition) is 2. The number of para-hydroxylation sites is 2. The lowest BCUT2D eigenvalue weighted by molar-refractivity contribution is -0.120. The Morgan fingerprint density at radius 3 is 2.46 bits per heavy atom. The second kappa shape index (κ2) is 7.40. The summed E-state index contributed by atoms with van der Waals surface area (Å²) in [6.07, 6.45) is 1.56. The lowest BCUT2D eigenvalue weighted by Crippen LogP contribution is -2.34. The fourth-order valence-electron chi connectivity index (χ4n) is 2.69. The minimum absolute atomic E-state index is 0.0380. The number of carbonyl (C=O) groups excluding carboxylic acids is 1. The summed E-state index contributed by atoms with van der Waals surface area (Å²) in [5.74, 6) is -1.19. The normalized spacial score (nSPS) is 15.1. The van der Waals surface area contributed by atoms with Gasteiger partial charge in [0, 0.05) is 24.1 Å². The third-order valence-electron chi connectivity index (χ3n) is 3.92. The lowest BCUT2D eigenvalue weighted by atomic mass is 9.97. The SMILES string of the molecule is O=C(Nc1ccccc1Oc1cc(F)cc(F)c1)C1CCNCC1. The number of benzene rings is 2. The molecule has 1 aliphatic heterocycles. The summed E-state index contributed by atoms with van der Waals surface area (Å²) in [4.78, 5) is 12.4. The van der Waals surface area contributed by atoms with Crippen molar-refractivity contribution in [1.82, 2.24) is 5.32 Å². The van der Waals surface area contributed by atoms with E-state index < -0.39 is 11.6 Å². The van der Waals surface area contributed by atoms with Gasteiger partial charge >= 0.3 is 0 Å². The molecule has 24 heavy (non-hydrogen) atoms. The van der Waals surface area contributed by atoms with Gasteiger partial charge in [-0.3, -0.25) is 4.79 Å². The number of nitrogens with one attached hydrogen (secondary N) is 2. The van der Waals surface area contributed by atoms with Gasteiger partial charge in [0.05, 0.1) is 5.69 Å². The van der Waals surface area contributed by atoms with Crippen LogP contribution in [0, 0.1) is 17.6 Å². The fourth-order valence-corrected chi connectivity index (χ4v) is 2.69. The quantitative estimate of drug-likeness (QED) is 0.898. The Bertz CT molecular complexity index is 710. The molecular formula is C18H18F2N2O2. The van der Waals surface area contributed by atoms with Crippen LogP contribution in [0.25, 0.3) is 0 Å². The molecule has 0 atom stereocenters. The van der Waals surface area contributed by atoms with Crippen molar-refractivity contribution in [2.24, 2.45) is 5.92 Å². The van der Waals surface area contributed by atoms with Crippen molar-refractivity contribution < 1.29 is 18.3 Å². The molecule has 1 heterocycles. The molecule has 2 N–H and O–H groups in total. The average Bonchev–Trinajstić information content (AvgIpc) is 2.56. The first-order valence-electron chi connectivity index (χ1n) is 7.86. The molecule has 0 radical (unpaired) electrons. The van der Waals surface area contributed by atoms with Gasteiger partial charge in [0.15, 0.2) is 5.75 Å². The zero-order valence-corrected chi connectivity index (χ0v) is 13.0. The minimum atomic E-state index is -0.721. The summed E-state index contributed by atoms with van der Waals surface area (Å²) in [5, 5.41) is 6.06. The van der Waals surface area contributed by atoms with Crippen LogP contribution < -0.4 is 15.4 Å². The minimum Gasteiger partial charge on any atom is -0.455 e. The Balaban J connectivity index is 1.76. The van der Waals surface area contributed by atoms with Gasteiger partial charge in [0.1, 0.15) is 17.4 Å². The first kappa shape index (κ1) is 16.4. The molecular weight excluding hydrogens is 314 g/mol. The molecule has 0 bridgehead atoms. The highest BCUT2D eigenvalue weighted by Crippen LogP contribution is 2.30. The first-order valence-corrected chi connectivity index (χ1v) is 7.86. The van der Waals surface area contributed by atoms with Gasteiger partial charge in [-0.1, -0.05) is 12.1 Å². The van der Waals surface area contributed by atoms with Crippen LogP contribution in [0.4, 0.5) is 14.5 Å². The Morgan fingerprint density at radius 1 is 1.08 bits per heavy atom. The molecule has 1 fully saturated rings. The molecule has 1 aliphatic rings. The van der Waals surface area contributed by atoms with E-state index in [4.69, 9.17) is 4.74 Å². The third-order valence-corrected chi connectivity index (χ3v) is 3.92. The van der Waals surface area contributed by atoms with Gasteiger partial charge in [-0.25, -0.2) is 8.78 Å². The predicted molar refractivity (Wildman–Crippen MR) is 87.1 cm³/mol. The van der Waals surface area contributed by atoms with E-state index >= 15 is 0 Å². The van der Waals surface area contributed by atoms with Crippen molar-refractivity contribution in [2.75, 3.05) is 18.4 Å². The first-order chi connectivity index (χ1) is 11.6. The van der Waals surface area contributed by atoms with E-state index in [1.54, 1.807) is 24.3 Å². The van der Waals surface area contributed by atoms with Crippen LogP contribution in [-0.2, 0) is 4.79 Å². The van der Waals surface area contributed by atoms with Gasteiger partial charge in [-0.05, 0) is 38.1 Å². The van der Waals surface area contributed by atoms with E-state index in [0.29, 0.717) is 11.4 Å². The highest BCUT2D eigenvalue weighted by molar-refractivity contribution is 5.94. The van der Waals surface area contributed by atoms with E-state index in [2.05, 4.69) is 10.6 Å². The zero-order chi connectivity index (χ0) is 16.9. The van der Waals surface area contributed by atoms with E-state index in [9.17, 15) is 13.6 Å². The molecule has 0 aromatic heterocycles. The topological polar surface area (TPSA) is 50.4 Å². The van der Waals surface area contributed by atoms with E-state index in [0.717, 1.165) is 44.1 Å². The molecule has 2 aromatic rings. The second-order valence-electron chi connectivity index (χ2n) is 5.72. The number of hydrogen-bond acceptors (Lipinski definition) is 3. The standard InChI is InChI=1S/C18H18F2N2O2/c19-13-9-14(20)11-15(10-13)24-17-4-2-1-3-16(17)22-18(23)12-5-7-21-8-6-12/h1-4,9-12,21H,5-8H2,(H,22,23). The monoisotopic (exact) mass is 332 g/mol. The van der Waals surface area contributed by atoms with Gasteiger partial charge in [-0.15, -0.1) is 0 Å². The molecule has 1 saturated heterocycles. The molecule has 126 valence electrons. The number of piperidine rings is 1. The van der Waals surface area contributed by atoms with Crippen molar-refractivity contribution in [3.63, 3.8) is 0 Å². The van der Waals surface area contributed by atoms with Gasteiger partial charge in [-0.2, -0.15) is 0 Å². The van der Waals surface area contributed by atoms with Gasteiger partial charge < -0.3 is 15.4 Å². The summed E-state index contributed by atoms with van der Waals surface area (Å²) in [6.45, 7) is 1.64. The molecule has 0 unspecified atom stereocenters. The molecule has 2 aromatic carbocycles. The summed E-state index contributed by atoms with van der Waals surface area (Å²) in [6, 6.07) is 9.79. The van der Waals surface area contributed by atoms with E-state index in [-0.39, 0.29) is 17.6 Å². The summed E-state index contributed by atoms with van der Waals surface area (Å²) in [7, 11) is 0. The average molecular weight is 332 g/mol. The molecule has 0 aliphatic carbocycles. The summed E-state index contributed by atoms with van der Waals surface area (Å²) >= 11 is 0. The highest BCUT2D eigenvalue weighted by atomic mass is 19.1. The van der Waals surface area contributed by atoms with Crippen LogP contribution in [0.3, 0.4) is 0 Å². The lowest BCUT2D eigenvalue weighted by Gasteiger charge is -2.22. The summed E-state index contributed by atoms with van der Waals surface area (Å²) in [5.41, 5.74) is 0.478. The van der Waals surface area contributed by atoms with Gasteiger partial charge in [0.25, 0.3) is 0 Å². The number of carbonyl (C=O) groups is 1. The molecule has 6 heteroatoms. The predicted octanol–water partition coefficient (Wildman–Crippen LogP) is 3.70. The van der Waals surface area contributed by atoms with Crippen LogP contribution in [0.2, 0.25) is 0 Å². The smallest absolute Gasteiger partial charge is 0.227 e. The second-order valence-corrected chi connectivity index (χ2v) is 5.72. The van der Waals surface area contributed by atoms with Crippen molar-refractivity contribution in [2.45, 2.75) is 12.8 Å². The van der Waals surface area contributed by atoms with Crippen LogP contribution in [0.5, 0.6) is 11.5 Å². The number of anilines is 1. The van der Waals surface area contributed by atoms with Crippen LogP contribution in [0.1, 0.15) is 12.8 Å². The number of amides is 1. The van der Waals surface area contributed by atoms with Crippen molar-refractivity contribution in [3.05, 3.63) is 54.1 Å². The Kier molecular flexibility index (Phi) is 5.05. The molecule has 0 saturated carbocycles. The number of rotatable bonds is 4. The van der Waals surface area contributed by atoms with E-state index in [1.807, 2.05) is 0 Å². The molecule has 1 amide bonds. The number of halogens is 2. The number of ether oxygens (including phenoxy) is 1. The maximum absolute atomic E-state index is 13.3. The van der Waals surface area contributed by atoms with Gasteiger partial charge in [0.2, 0.25) is 5.91 Å². The highest BCUT2D eigenvalue weighted by Gasteiger charge is 2.21. The Labute approximate surface area is 138 Å². The summed E-state index contributed by atoms with van der Waals surface area (Å²) < 4.78 is 32.1. The molecule has 4 nitrogen and oxygen atoms in total. The molecule has 3 rings (SSSR count). The molecule has 0 spiro atoms.